The second kappa shape index (κ2) is 3.38. The molecule has 0 saturated heterocycles. The number of fused-ring (bicyclic) bond motifs is 1. The summed E-state index contributed by atoms with van der Waals surface area (Å²) in [5.41, 5.74) is 6.21. The number of benzene rings is 1. The van der Waals surface area contributed by atoms with Crippen molar-refractivity contribution in [3.05, 3.63) is 40.5 Å². The van der Waals surface area contributed by atoms with Crippen LogP contribution in [-0.4, -0.2) is 10.9 Å². The molecule has 3 nitrogen and oxygen atoms in total. The van der Waals surface area contributed by atoms with E-state index in [1.54, 1.807) is 0 Å². The number of nitrogens with two attached hydrogens (primary N) is 1. The number of hydrogen-bond donors (Lipinski definition) is 1. The molecule has 1 heterocycles. The lowest BCUT2D eigenvalue weighted by Gasteiger charge is -2.01. The van der Waals surface area contributed by atoms with E-state index in [2.05, 4.69) is 20.9 Å². The molecule has 1 aromatic heterocycles. The molecule has 0 fully saturated rings. The summed E-state index contributed by atoms with van der Waals surface area (Å²) >= 11 is 3.25. The smallest absolute Gasteiger partial charge is 0.268 e. The molecule has 1 amide bonds. The van der Waals surface area contributed by atoms with Crippen LogP contribution in [-0.2, 0) is 0 Å². The number of aromatic nitrogens is 1. The SMILES string of the molecule is NC(=O)c1nc2ccccc2cc1Br. The largest absolute Gasteiger partial charge is 0.364 e. The van der Waals surface area contributed by atoms with E-state index in [1.807, 2.05) is 30.3 Å². The molecule has 14 heavy (non-hydrogen) atoms. The molecule has 0 aliphatic heterocycles. The number of nitrogens with zero attached hydrogens (tertiary/aromatic N) is 1. The molecule has 0 aliphatic carbocycles. The van der Waals surface area contributed by atoms with Gasteiger partial charge in [0.15, 0.2) is 0 Å². The quantitative estimate of drug-likeness (QED) is 0.843. The third kappa shape index (κ3) is 1.48. The number of halogens is 1. The Labute approximate surface area is 89.1 Å². The molecule has 0 unspecified atom stereocenters. The summed E-state index contributed by atoms with van der Waals surface area (Å²) in [5.74, 6) is -0.525. The van der Waals surface area contributed by atoms with Crippen molar-refractivity contribution in [2.45, 2.75) is 0 Å². The molecule has 70 valence electrons. The fourth-order valence-electron chi connectivity index (χ4n) is 1.26. The zero-order chi connectivity index (χ0) is 10.1. The maximum atomic E-state index is 11.0. The first-order valence-corrected chi connectivity index (χ1v) is 4.83. The molecule has 0 atom stereocenters. The van der Waals surface area contributed by atoms with Crippen LogP contribution >= 0.6 is 15.9 Å². The number of carbonyl (C=O) groups excluding carboxylic acids is 1. The first kappa shape index (κ1) is 9.15. The average Bonchev–Trinajstić information content (AvgIpc) is 2.16. The lowest BCUT2D eigenvalue weighted by molar-refractivity contribution is 0.0995. The Hall–Kier alpha value is -1.42. The number of para-hydroxylation sites is 1. The Balaban J connectivity index is 2.77. The molecule has 2 aromatic rings. The number of amides is 1. The zero-order valence-electron chi connectivity index (χ0n) is 7.20. The van der Waals surface area contributed by atoms with Crippen molar-refractivity contribution in [2.75, 3.05) is 0 Å². The molecule has 0 bridgehead atoms. The Kier molecular flexibility index (Phi) is 2.21. The van der Waals surface area contributed by atoms with E-state index in [1.165, 1.54) is 0 Å². The van der Waals surface area contributed by atoms with Gasteiger partial charge in [-0.1, -0.05) is 18.2 Å². The maximum absolute atomic E-state index is 11.0. The third-order valence-electron chi connectivity index (χ3n) is 1.91. The Morgan fingerprint density at radius 3 is 2.79 bits per heavy atom. The van der Waals surface area contributed by atoms with Crippen LogP contribution in [0.1, 0.15) is 10.5 Å². The van der Waals surface area contributed by atoms with Gasteiger partial charge in [0.25, 0.3) is 5.91 Å². The predicted octanol–water partition coefficient (Wildman–Crippen LogP) is 2.10. The van der Waals surface area contributed by atoms with Gasteiger partial charge in [-0.2, -0.15) is 0 Å². The lowest BCUT2D eigenvalue weighted by atomic mass is 10.2. The van der Waals surface area contributed by atoms with Gasteiger partial charge < -0.3 is 5.73 Å². The maximum Gasteiger partial charge on any atom is 0.268 e. The highest BCUT2D eigenvalue weighted by atomic mass is 79.9. The van der Waals surface area contributed by atoms with Crippen LogP contribution in [0.5, 0.6) is 0 Å². The van der Waals surface area contributed by atoms with Gasteiger partial charge in [0.05, 0.1) is 5.52 Å². The van der Waals surface area contributed by atoms with Gasteiger partial charge in [-0.25, -0.2) is 4.98 Å². The number of primary amides is 1. The summed E-state index contributed by atoms with van der Waals surface area (Å²) < 4.78 is 0.628. The molecule has 0 spiro atoms. The van der Waals surface area contributed by atoms with Crippen molar-refractivity contribution in [1.29, 1.82) is 0 Å². The molecule has 4 heteroatoms. The van der Waals surface area contributed by atoms with Crippen LogP contribution in [0.4, 0.5) is 0 Å². The normalized spacial score (nSPS) is 10.4. The van der Waals surface area contributed by atoms with Crippen molar-refractivity contribution in [3.63, 3.8) is 0 Å². The van der Waals surface area contributed by atoms with E-state index >= 15 is 0 Å². The van der Waals surface area contributed by atoms with Crippen molar-refractivity contribution in [1.82, 2.24) is 4.98 Å². The number of hydrogen-bond acceptors (Lipinski definition) is 2. The Morgan fingerprint density at radius 1 is 1.36 bits per heavy atom. The third-order valence-corrected chi connectivity index (χ3v) is 2.52. The molecule has 0 saturated carbocycles. The first-order chi connectivity index (χ1) is 6.68. The van der Waals surface area contributed by atoms with Crippen LogP contribution in [0, 0.1) is 0 Å². The van der Waals surface area contributed by atoms with Gasteiger partial charge in [0, 0.05) is 9.86 Å². The van der Waals surface area contributed by atoms with Crippen LogP contribution in [0.25, 0.3) is 10.9 Å². The van der Waals surface area contributed by atoms with E-state index < -0.39 is 5.91 Å². The van der Waals surface area contributed by atoms with Crippen LogP contribution in [0.15, 0.2) is 34.8 Å². The van der Waals surface area contributed by atoms with E-state index in [-0.39, 0.29) is 5.69 Å². The van der Waals surface area contributed by atoms with E-state index in [0.29, 0.717) is 4.47 Å². The van der Waals surface area contributed by atoms with Crippen LogP contribution < -0.4 is 5.73 Å². The second-order valence-corrected chi connectivity index (χ2v) is 3.73. The lowest BCUT2D eigenvalue weighted by Crippen LogP contribution is -2.13. The minimum Gasteiger partial charge on any atom is -0.364 e. The summed E-state index contributed by atoms with van der Waals surface area (Å²) in [6, 6.07) is 9.39. The van der Waals surface area contributed by atoms with Gasteiger partial charge in [-0.05, 0) is 28.1 Å². The summed E-state index contributed by atoms with van der Waals surface area (Å²) in [6.45, 7) is 0. The molecular weight excluding hydrogens is 244 g/mol. The topological polar surface area (TPSA) is 56.0 Å². The molecule has 0 radical (unpaired) electrons. The van der Waals surface area contributed by atoms with Gasteiger partial charge in [0.2, 0.25) is 0 Å². The minimum atomic E-state index is -0.525. The van der Waals surface area contributed by atoms with Gasteiger partial charge >= 0.3 is 0 Å². The first-order valence-electron chi connectivity index (χ1n) is 4.03. The van der Waals surface area contributed by atoms with E-state index in [4.69, 9.17) is 5.73 Å². The summed E-state index contributed by atoms with van der Waals surface area (Å²) in [6.07, 6.45) is 0. The highest BCUT2D eigenvalue weighted by Gasteiger charge is 2.08. The molecule has 2 N–H and O–H groups in total. The fraction of sp³-hybridized carbons (Fsp3) is 0. The van der Waals surface area contributed by atoms with Gasteiger partial charge in [0.1, 0.15) is 5.69 Å². The minimum absolute atomic E-state index is 0.267. The average molecular weight is 251 g/mol. The van der Waals surface area contributed by atoms with E-state index in [9.17, 15) is 4.79 Å². The monoisotopic (exact) mass is 250 g/mol. The van der Waals surface area contributed by atoms with Gasteiger partial charge in [-0.3, -0.25) is 4.79 Å². The summed E-state index contributed by atoms with van der Waals surface area (Å²) in [5, 5.41) is 0.976. The highest BCUT2D eigenvalue weighted by Crippen LogP contribution is 2.20. The van der Waals surface area contributed by atoms with Gasteiger partial charge in [-0.15, -0.1) is 0 Å². The highest BCUT2D eigenvalue weighted by molar-refractivity contribution is 9.10. The standard InChI is InChI=1S/C10H7BrN2O/c11-7-5-6-3-1-2-4-8(6)13-9(7)10(12)14/h1-5H,(H2,12,14). The van der Waals surface area contributed by atoms with E-state index in [0.717, 1.165) is 10.9 Å². The van der Waals surface area contributed by atoms with Crippen molar-refractivity contribution >= 4 is 32.7 Å². The summed E-state index contributed by atoms with van der Waals surface area (Å²) in [4.78, 5) is 15.1. The van der Waals surface area contributed by atoms with Crippen LogP contribution in [0.2, 0.25) is 0 Å². The van der Waals surface area contributed by atoms with Crippen LogP contribution in [0.3, 0.4) is 0 Å². The van der Waals surface area contributed by atoms with Crippen molar-refractivity contribution < 1.29 is 4.79 Å². The zero-order valence-corrected chi connectivity index (χ0v) is 8.78. The molecule has 1 aromatic carbocycles. The fourth-order valence-corrected chi connectivity index (χ4v) is 1.79. The van der Waals surface area contributed by atoms with Crippen molar-refractivity contribution in [2.24, 2.45) is 5.73 Å². The molecule has 2 rings (SSSR count). The molecular formula is C10H7BrN2O. The predicted molar refractivity (Wildman–Crippen MR) is 58.0 cm³/mol. The summed E-state index contributed by atoms with van der Waals surface area (Å²) in [7, 11) is 0. The molecule has 0 aliphatic rings. The second-order valence-electron chi connectivity index (χ2n) is 2.88. The Morgan fingerprint density at radius 2 is 2.07 bits per heavy atom. The van der Waals surface area contributed by atoms with Crippen molar-refractivity contribution in [3.8, 4) is 0 Å². The number of pyridine rings is 1. The number of rotatable bonds is 1. The number of carbonyl (C=O) groups is 1. The Bertz CT molecular complexity index is 510.